The number of hydrogen-bond acceptors (Lipinski definition) is 5. The summed E-state index contributed by atoms with van der Waals surface area (Å²) in [6, 6.07) is 3.56. The minimum atomic E-state index is 0.472. The molecule has 0 radical (unpaired) electrons. The molecule has 5 nitrogen and oxygen atoms in total. The van der Waals surface area contributed by atoms with Crippen LogP contribution >= 0.6 is 0 Å². The van der Waals surface area contributed by atoms with Crippen molar-refractivity contribution in [3.05, 3.63) is 24.2 Å². The van der Waals surface area contributed by atoms with Gasteiger partial charge in [0.15, 0.2) is 5.82 Å². The van der Waals surface area contributed by atoms with E-state index in [1.165, 1.54) is 19.3 Å². The van der Waals surface area contributed by atoms with Crippen molar-refractivity contribution in [2.75, 3.05) is 5.73 Å². The zero-order valence-electron chi connectivity index (χ0n) is 9.47. The quantitative estimate of drug-likeness (QED) is 0.873. The van der Waals surface area contributed by atoms with Crippen LogP contribution in [-0.2, 0) is 6.42 Å². The highest BCUT2D eigenvalue weighted by Crippen LogP contribution is 2.29. The predicted octanol–water partition coefficient (Wildman–Crippen LogP) is 2.06. The SMILES string of the molecule is Nc1ccc(-c2nc(CC3CCC3)no2)nc1. The van der Waals surface area contributed by atoms with Crippen molar-refractivity contribution in [1.82, 2.24) is 15.1 Å². The van der Waals surface area contributed by atoms with E-state index in [2.05, 4.69) is 15.1 Å². The number of nitrogens with two attached hydrogens (primary N) is 1. The number of pyridine rings is 1. The first kappa shape index (κ1) is 10.3. The summed E-state index contributed by atoms with van der Waals surface area (Å²) in [5.41, 5.74) is 6.87. The summed E-state index contributed by atoms with van der Waals surface area (Å²) in [6.07, 6.45) is 6.40. The molecule has 2 heterocycles. The highest BCUT2D eigenvalue weighted by Gasteiger charge is 2.20. The summed E-state index contributed by atoms with van der Waals surface area (Å²) in [6.45, 7) is 0. The lowest BCUT2D eigenvalue weighted by Gasteiger charge is -2.23. The van der Waals surface area contributed by atoms with Gasteiger partial charge in [0, 0.05) is 6.42 Å². The van der Waals surface area contributed by atoms with Crippen molar-refractivity contribution in [2.24, 2.45) is 5.92 Å². The van der Waals surface area contributed by atoms with Crippen molar-refractivity contribution >= 4 is 5.69 Å². The van der Waals surface area contributed by atoms with Gasteiger partial charge in [0.25, 0.3) is 5.89 Å². The van der Waals surface area contributed by atoms with Gasteiger partial charge in [0.05, 0.1) is 11.9 Å². The largest absolute Gasteiger partial charge is 0.397 e. The molecule has 0 bridgehead atoms. The summed E-state index contributed by atoms with van der Waals surface area (Å²) in [4.78, 5) is 8.50. The number of aromatic nitrogens is 3. The Morgan fingerprint density at radius 1 is 1.35 bits per heavy atom. The Hall–Kier alpha value is -1.91. The van der Waals surface area contributed by atoms with Gasteiger partial charge in [0.1, 0.15) is 5.69 Å². The van der Waals surface area contributed by atoms with Gasteiger partial charge in [-0.1, -0.05) is 24.4 Å². The number of nitrogen functional groups attached to an aromatic ring is 1. The molecule has 88 valence electrons. The molecule has 5 heteroatoms. The van der Waals surface area contributed by atoms with Gasteiger partial charge >= 0.3 is 0 Å². The molecular formula is C12H14N4O. The van der Waals surface area contributed by atoms with E-state index < -0.39 is 0 Å². The third-order valence-corrected chi connectivity index (χ3v) is 3.17. The van der Waals surface area contributed by atoms with Crippen molar-refractivity contribution in [3.63, 3.8) is 0 Å². The second-order valence-corrected chi connectivity index (χ2v) is 4.49. The molecule has 0 unspecified atom stereocenters. The Labute approximate surface area is 99.1 Å². The molecule has 1 saturated carbocycles. The van der Waals surface area contributed by atoms with Gasteiger partial charge in [-0.2, -0.15) is 4.98 Å². The Kier molecular flexibility index (Phi) is 2.51. The average Bonchev–Trinajstić information content (AvgIpc) is 2.73. The van der Waals surface area contributed by atoms with Gasteiger partial charge in [-0.3, -0.25) is 0 Å². The number of nitrogens with zero attached hydrogens (tertiary/aromatic N) is 3. The van der Waals surface area contributed by atoms with Crippen molar-refractivity contribution < 1.29 is 4.52 Å². The summed E-state index contributed by atoms with van der Waals surface area (Å²) < 4.78 is 5.20. The Morgan fingerprint density at radius 2 is 2.24 bits per heavy atom. The molecule has 2 aromatic heterocycles. The molecule has 1 aliphatic rings. The maximum absolute atomic E-state index is 5.57. The van der Waals surface area contributed by atoms with Crippen molar-refractivity contribution in [1.29, 1.82) is 0 Å². The lowest BCUT2D eigenvalue weighted by atomic mass is 9.83. The fraction of sp³-hybridized carbons (Fsp3) is 0.417. The molecule has 2 N–H and O–H groups in total. The normalized spacial score (nSPS) is 15.8. The van der Waals surface area contributed by atoms with Gasteiger partial charge in [0.2, 0.25) is 0 Å². The molecule has 0 saturated heterocycles. The monoisotopic (exact) mass is 230 g/mol. The van der Waals surface area contributed by atoms with Crippen molar-refractivity contribution in [2.45, 2.75) is 25.7 Å². The van der Waals surface area contributed by atoms with Crippen LogP contribution in [-0.4, -0.2) is 15.1 Å². The lowest BCUT2D eigenvalue weighted by Crippen LogP contribution is -2.14. The molecule has 0 aromatic carbocycles. The highest BCUT2D eigenvalue weighted by atomic mass is 16.5. The van der Waals surface area contributed by atoms with Crippen LogP contribution in [0.25, 0.3) is 11.6 Å². The molecule has 0 aliphatic heterocycles. The molecule has 1 fully saturated rings. The van der Waals surface area contributed by atoms with Gasteiger partial charge in [-0.05, 0) is 18.1 Å². The van der Waals surface area contributed by atoms with Crippen LogP contribution in [0.15, 0.2) is 22.9 Å². The maximum Gasteiger partial charge on any atom is 0.276 e. The first-order valence-electron chi connectivity index (χ1n) is 5.86. The third kappa shape index (κ3) is 2.13. The standard InChI is InChI=1S/C12H14N4O/c13-9-4-5-10(14-7-9)12-15-11(16-17-12)6-8-2-1-3-8/h4-5,7-8H,1-3,6,13H2. The molecule has 3 rings (SSSR count). The number of rotatable bonds is 3. The fourth-order valence-corrected chi connectivity index (χ4v) is 1.93. The third-order valence-electron chi connectivity index (χ3n) is 3.17. The molecule has 17 heavy (non-hydrogen) atoms. The first-order chi connectivity index (χ1) is 8.31. The summed E-state index contributed by atoms with van der Waals surface area (Å²) in [5.74, 6) is 1.99. The zero-order valence-corrected chi connectivity index (χ0v) is 9.47. The van der Waals surface area contributed by atoms with E-state index in [1.807, 2.05) is 0 Å². The second-order valence-electron chi connectivity index (χ2n) is 4.49. The van der Waals surface area contributed by atoms with Crippen LogP contribution < -0.4 is 5.73 Å². The Balaban J connectivity index is 1.76. The number of hydrogen-bond donors (Lipinski definition) is 1. The van der Waals surface area contributed by atoms with Crippen LogP contribution in [0.4, 0.5) is 5.69 Å². The smallest absolute Gasteiger partial charge is 0.276 e. The van der Waals surface area contributed by atoms with Gasteiger partial charge in [-0.25, -0.2) is 4.98 Å². The van der Waals surface area contributed by atoms with E-state index in [9.17, 15) is 0 Å². The summed E-state index contributed by atoms with van der Waals surface area (Å²) in [7, 11) is 0. The Morgan fingerprint density at radius 3 is 2.88 bits per heavy atom. The minimum absolute atomic E-state index is 0.472. The second kappa shape index (κ2) is 4.16. The summed E-state index contributed by atoms with van der Waals surface area (Å²) >= 11 is 0. The van der Waals surface area contributed by atoms with Crippen LogP contribution in [0.5, 0.6) is 0 Å². The molecule has 1 aliphatic carbocycles. The Bertz CT molecular complexity index is 501. The minimum Gasteiger partial charge on any atom is -0.397 e. The van der Waals surface area contributed by atoms with Crippen molar-refractivity contribution in [3.8, 4) is 11.6 Å². The van der Waals surface area contributed by atoms with Gasteiger partial charge < -0.3 is 10.3 Å². The van der Waals surface area contributed by atoms with E-state index >= 15 is 0 Å². The van der Waals surface area contributed by atoms with Crippen LogP contribution in [0.2, 0.25) is 0 Å². The van der Waals surface area contributed by atoms with E-state index in [1.54, 1.807) is 18.3 Å². The van der Waals surface area contributed by atoms with Gasteiger partial charge in [-0.15, -0.1) is 0 Å². The van der Waals surface area contributed by atoms with Crippen LogP contribution in [0, 0.1) is 5.92 Å². The molecule has 0 spiro atoms. The van der Waals surface area contributed by atoms with E-state index in [0.717, 1.165) is 18.2 Å². The van der Waals surface area contributed by atoms with E-state index in [-0.39, 0.29) is 0 Å². The van der Waals surface area contributed by atoms with E-state index in [0.29, 0.717) is 17.3 Å². The zero-order chi connectivity index (χ0) is 11.7. The van der Waals surface area contributed by atoms with E-state index in [4.69, 9.17) is 10.3 Å². The molecule has 0 atom stereocenters. The molecule has 2 aromatic rings. The molecule has 0 amide bonds. The topological polar surface area (TPSA) is 77.8 Å². The predicted molar refractivity (Wildman–Crippen MR) is 63.0 cm³/mol. The average molecular weight is 230 g/mol. The lowest BCUT2D eigenvalue weighted by molar-refractivity contribution is 0.304. The molecular weight excluding hydrogens is 216 g/mol. The fourth-order valence-electron chi connectivity index (χ4n) is 1.93. The summed E-state index contributed by atoms with van der Waals surface area (Å²) in [5, 5.41) is 3.98. The van der Waals surface area contributed by atoms with Crippen LogP contribution in [0.3, 0.4) is 0 Å². The first-order valence-corrected chi connectivity index (χ1v) is 5.86. The maximum atomic E-state index is 5.57. The van der Waals surface area contributed by atoms with Crippen LogP contribution in [0.1, 0.15) is 25.1 Å². The number of anilines is 1. The highest BCUT2D eigenvalue weighted by molar-refractivity contribution is 5.50.